The Hall–Kier alpha value is -3.42. The summed E-state index contributed by atoms with van der Waals surface area (Å²) >= 11 is 0. The highest BCUT2D eigenvalue weighted by atomic mass is 19.1. The van der Waals surface area contributed by atoms with Gasteiger partial charge in [-0.3, -0.25) is 24.1 Å². The van der Waals surface area contributed by atoms with Crippen LogP contribution in [0.15, 0.2) is 23.1 Å². The van der Waals surface area contributed by atoms with Gasteiger partial charge in [-0.2, -0.15) is 5.06 Å². The van der Waals surface area contributed by atoms with E-state index in [9.17, 15) is 32.7 Å². The minimum Gasteiger partial charge on any atom is -0.503 e. The number of carbonyl (C=O) groups excluding carboxylic acids is 2. The number of hydrogen-bond donors (Lipinski definition) is 2. The topological polar surface area (TPSA) is 121 Å². The molecule has 2 bridgehead atoms. The molecule has 4 atom stereocenters. The molecule has 1 spiro atoms. The fraction of sp³-hybridized carbons (Fsp3) is 0.519. The number of primary amides is 1. The summed E-state index contributed by atoms with van der Waals surface area (Å²) in [5, 5.41) is 12.3. The number of benzene rings is 1. The van der Waals surface area contributed by atoms with Crippen LogP contribution in [0, 0.1) is 17.5 Å². The van der Waals surface area contributed by atoms with Gasteiger partial charge in [-0.1, -0.05) is 0 Å². The number of hydroxylamine groups is 2. The zero-order valence-electron chi connectivity index (χ0n) is 21.9. The molecule has 1 aromatic heterocycles. The second kappa shape index (κ2) is 9.60. The van der Waals surface area contributed by atoms with Crippen LogP contribution in [0.4, 0.5) is 13.2 Å². The van der Waals surface area contributed by atoms with Crippen molar-refractivity contribution in [2.24, 2.45) is 5.73 Å². The molecular weight excluding hydrogens is 531 g/mol. The van der Waals surface area contributed by atoms with Gasteiger partial charge in [0.05, 0.1) is 18.8 Å². The van der Waals surface area contributed by atoms with Crippen LogP contribution in [0.1, 0.15) is 71.5 Å². The normalized spacial score (nSPS) is 28.8. The number of rotatable bonds is 4. The van der Waals surface area contributed by atoms with E-state index in [1.807, 2.05) is 6.92 Å². The van der Waals surface area contributed by atoms with E-state index in [-0.39, 0.29) is 30.4 Å². The lowest BCUT2D eigenvalue weighted by Crippen LogP contribution is -2.52. The standard InChI is InChI=1S/C27H30F3N5O5/c1-14-4-5-27(20-13-33(14)26(39)22-24(37)23(36)17(25(31)38)11-34(20)22)10-21(32-6-2-3-7-32)35(40-27)12-16-18(29)8-15(28)9-19(16)30/h8-9,11,14,20-21,37H,2-7,10,12-13H2,1H3,(H2,31,38)/t14-,20+,21?,27-/m0/s1. The van der Waals surface area contributed by atoms with E-state index in [0.29, 0.717) is 31.4 Å². The summed E-state index contributed by atoms with van der Waals surface area (Å²) < 4.78 is 44.5. The highest BCUT2D eigenvalue weighted by molar-refractivity contribution is 5.99. The van der Waals surface area contributed by atoms with Crippen LogP contribution in [-0.2, 0) is 11.4 Å². The molecule has 3 saturated heterocycles. The fourth-order valence-electron chi connectivity index (χ4n) is 6.78. The lowest BCUT2D eigenvalue weighted by Gasteiger charge is -2.42. The number of hydrogen-bond acceptors (Lipinski definition) is 7. The summed E-state index contributed by atoms with van der Waals surface area (Å²) in [4.78, 5) is 48.7. The van der Waals surface area contributed by atoms with E-state index >= 15 is 0 Å². The molecule has 13 heteroatoms. The highest BCUT2D eigenvalue weighted by Crippen LogP contribution is 2.50. The molecule has 0 saturated carbocycles. The zero-order chi connectivity index (χ0) is 28.5. The van der Waals surface area contributed by atoms with Crippen LogP contribution in [0.5, 0.6) is 5.75 Å². The number of aromatic nitrogens is 1. The number of aromatic hydroxyl groups is 1. The number of fused-ring (bicyclic) bond motifs is 5. The maximum absolute atomic E-state index is 14.7. The number of amides is 2. The molecule has 1 unspecified atom stereocenters. The highest BCUT2D eigenvalue weighted by Gasteiger charge is 2.57. The summed E-state index contributed by atoms with van der Waals surface area (Å²) in [6.07, 6.45) is 4.04. The molecule has 6 rings (SSSR count). The molecular formula is C27H30F3N5O5. The van der Waals surface area contributed by atoms with Gasteiger partial charge in [-0.15, -0.1) is 0 Å². The van der Waals surface area contributed by atoms with Crippen molar-refractivity contribution in [1.29, 1.82) is 0 Å². The number of carbonyl (C=O) groups is 2. The number of likely N-dealkylation sites (tertiary alicyclic amines) is 1. The van der Waals surface area contributed by atoms with Crippen molar-refractivity contribution >= 4 is 11.8 Å². The van der Waals surface area contributed by atoms with Gasteiger partial charge < -0.3 is 20.3 Å². The molecule has 5 heterocycles. The third-order valence-electron chi connectivity index (χ3n) is 8.91. The maximum atomic E-state index is 14.7. The van der Waals surface area contributed by atoms with Gasteiger partial charge >= 0.3 is 0 Å². The maximum Gasteiger partial charge on any atom is 0.274 e. The van der Waals surface area contributed by atoms with Gasteiger partial charge in [0, 0.05) is 42.9 Å². The molecule has 3 fully saturated rings. The van der Waals surface area contributed by atoms with E-state index in [4.69, 9.17) is 10.6 Å². The molecule has 4 aliphatic heterocycles. The summed E-state index contributed by atoms with van der Waals surface area (Å²) in [5.41, 5.74) is 2.32. The van der Waals surface area contributed by atoms with Gasteiger partial charge in [-0.25, -0.2) is 13.2 Å². The molecule has 0 radical (unpaired) electrons. The van der Waals surface area contributed by atoms with Crippen molar-refractivity contribution in [2.75, 3.05) is 19.6 Å². The molecule has 214 valence electrons. The van der Waals surface area contributed by atoms with E-state index in [1.54, 1.807) is 4.90 Å². The molecule has 0 aliphatic carbocycles. The van der Waals surface area contributed by atoms with E-state index < -0.39 is 63.8 Å². The molecule has 4 aliphatic rings. The average molecular weight is 562 g/mol. The Labute approximate surface area is 227 Å². The van der Waals surface area contributed by atoms with Gasteiger partial charge in [0.15, 0.2) is 11.4 Å². The largest absolute Gasteiger partial charge is 0.503 e. The van der Waals surface area contributed by atoms with E-state index in [1.165, 1.54) is 15.8 Å². The van der Waals surface area contributed by atoms with Gasteiger partial charge in [0.25, 0.3) is 11.8 Å². The van der Waals surface area contributed by atoms with E-state index in [2.05, 4.69) is 4.90 Å². The van der Waals surface area contributed by atoms with Crippen molar-refractivity contribution in [3.8, 4) is 5.75 Å². The minimum absolute atomic E-state index is 0.160. The van der Waals surface area contributed by atoms with Crippen molar-refractivity contribution in [2.45, 2.75) is 69.4 Å². The number of halogens is 3. The lowest BCUT2D eigenvalue weighted by atomic mass is 9.84. The van der Waals surface area contributed by atoms with E-state index in [0.717, 1.165) is 25.9 Å². The van der Waals surface area contributed by atoms with Crippen LogP contribution in [-0.4, -0.2) is 73.8 Å². The van der Waals surface area contributed by atoms with Crippen LogP contribution >= 0.6 is 0 Å². The fourth-order valence-corrected chi connectivity index (χ4v) is 6.78. The predicted octanol–water partition coefficient (Wildman–Crippen LogP) is 2.25. The number of nitrogens with two attached hydrogens (primary N) is 1. The smallest absolute Gasteiger partial charge is 0.274 e. The Bertz CT molecular complexity index is 1440. The minimum atomic E-state index is -1.05. The summed E-state index contributed by atoms with van der Waals surface area (Å²) in [7, 11) is 0. The molecule has 1 aromatic carbocycles. The van der Waals surface area contributed by atoms with Gasteiger partial charge in [0.1, 0.15) is 28.6 Å². The SMILES string of the molecule is C[C@H]1CC[C@]2(CC(N3CCCC3)N(Cc3c(F)cc(F)cc3F)O2)[C@H]2CN1C(=O)c1c(O)c(=O)c(C(N)=O)cn12. The van der Waals surface area contributed by atoms with Crippen LogP contribution in [0.3, 0.4) is 0 Å². The Morgan fingerprint density at radius 2 is 1.85 bits per heavy atom. The van der Waals surface area contributed by atoms with Crippen molar-refractivity contribution in [3.05, 3.63) is 62.8 Å². The molecule has 2 amide bonds. The van der Waals surface area contributed by atoms with Gasteiger partial charge in [0.2, 0.25) is 5.43 Å². The van der Waals surface area contributed by atoms with Crippen LogP contribution in [0.2, 0.25) is 0 Å². The second-order valence-corrected chi connectivity index (χ2v) is 11.2. The monoisotopic (exact) mass is 561 g/mol. The number of pyridine rings is 1. The van der Waals surface area contributed by atoms with Crippen LogP contribution < -0.4 is 11.2 Å². The zero-order valence-corrected chi connectivity index (χ0v) is 21.9. The first-order valence-electron chi connectivity index (χ1n) is 13.4. The summed E-state index contributed by atoms with van der Waals surface area (Å²) in [5.74, 6) is -5.52. The van der Waals surface area contributed by atoms with Crippen molar-refractivity contribution in [1.82, 2.24) is 19.4 Å². The third-order valence-corrected chi connectivity index (χ3v) is 8.91. The van der Waals surface area contributed by atoms with Crippen LogP contribution in [0.25, 0.3) is 0 Å². The first kappa shape index (κ1) is 26.8. The Balaban J connectivity index is 1.48. The van der Waals surface area contributed by atoms with Gasteiger partial charge in [-0.05, 0) is 45.7 Å². The Kier molecular flexibility index (Phi) is 6.43. The Morgan fingerprint density at radius 3 is 2.50 bits per heavy atom. The quantitative estimate of drug-likeness (QED) is 0.588. The average Bonchev–Trinajstić information content (AvgIpc) is 3.52. The second-order valence-electron chi connectivity index (χ2n) is 11.2. The molecule has 40 heavy (non-hydrogen) atoms. The van der Waals surface area contributed by atoms with Crippen molar-refractivity contribution < 1.29 is 32.7 Å². The molecule has 3 N–H and O–H groups in total. The molecule has 10 nitrogen and oxygen atoms in total. The predicted molar refractivity (Wildman–Crippen MR) is 135 cm³/mol. The summed E-state index contributed by atoms with van der Waals surface area (Å²) in [6, 6.07) is 0.345. The first-order valence-corrected chi connectivity index (χ1v) is 13.4. The summed E-state index contributed by atoms with van der Waals surface area (Å²) in [6.45, 7) is 3.23. The van der Waals surface area contributed by atoms with Crippen molar-refractivity contribution in [3.63, 3.8) is 0 Å². The lowest BCUT2D eigenvalue weighted by molar-refractivity contribution is -0.239. The first-order chi connectivity index (χ1) is 19.0. The molecule has 2 aromatic rings. The number of nitrogens with zero attached hydrogens (tertiary/aromatic N) is 4. The third kappa shape index (κ3) is 4.10. The Morgan fingerprint density at radius 1 is 1.18 bits per heavy atom.